The lowest BCUT2D eigenvalue weighted by atomic mass is 10.1. The molecule has 132 valence electrons. The van der Waals surface area contributed by atoms with E-state index in [1.807, 2.05) is 6.92 Å². The van der Waals surface area contributed by atoms with Crippen molar-refractivity contribution in [3.8, 4) is 0 Å². The Bertz CT molecular complexity index is 601. The molecule has 5 nitrogen and oxygen atoms in total. The number of carbonyl (C=O) groups excluding carboxylic acids is 2. The van der Waals surface area contributed by atoms with Crippen molar-refractivity contribution in [3.63, 3.8) is 0 Å². The Morgan fingerprint density at radius 1 is 1.08 bits per heavy atom. The third kappa shape index (κ3) is 3.60. The van der Waals surface area contributed by atoms with Gasteiger partial charge in [0.2, 0.25) is 0 Å². The van der Waals surface area contributed by atoms with Gasteiger partial charge in [0.25, 0.3) is 11.8 Å². The highest BCUT2D eigenvalue weighted by molar-refractivity contribution is 6.74. The van der Waals surface area contributed by atoms with E-state index in [9.17, 15) is 9.59 Å². The van der Waals surface area contributed by atoms with Crippen LogP contribution in [-0.4, -0.2) is 37.9 Å². The number of hydrogen-bond donors (Lipinski definition) is 0. The fraction of sp³-hybridized carbons (Fsp3) is 0.556. The standard InChI is InChI=1S/C18H27NO4Si/c1-7-13(23-24(5,6)18(2,3)4)12-22-19-16(20)14-10-8-9-11-15(14)17(19)21/h8-11,13H,7,12H2,1-6H3. The van der Waals surface area contributed by atoms with Crippen molar-refractivity contribution in [1.82, 2.24) is 5.06 Å². The van der Waals surface area contributed by atoms with E-state index < -0.39 is 20.1 Å². The molecule has 0 fully saturated rings. The highest BCUT2D eigenvalue weighted by atomic mass is 28.4. The zero-order chi connectivity index (χ0) is 18.1. The van der Waals surface area contributed by atoms with Crippen LogP contribution in [0.4, 0.5) is 0 Å². The first kappa shape index (κ1) is 18.8. The van der Waals surface area contributed by atoms with Crippen molar-refractivity contribution in [2.24, 2.45) is 0 Å². The Balaban J connectivity index is 2.02. The maximum absolute atomic E-state index is 12.3. The Morgan fingerprint density at radius 2 is 1.58 bits per heavy atom. The number of benzene rings is 1. The van der Waals surface area contributed by atoms with E-state index in [1.165, 1.54) is 0 Å². The second-order valence-electron chi connectivity index (χ2n) is 7.65. The third-order valence-electron chi connectivity index (χ3n) is 4.87. The summed E-state index contributed by atoms with van der Waals surface area (Å²) >= 11 is 0. The molecule has 2 rings (SSSR count). The molecule has 1 aromatic rings. The summed E-state index contributed by atoms with van der Waals surface area (Å²) in [4.78, 5) is 30.2. The van der Waals surface area contributed by atoms with Crippen LogP contribution in [0.25, 0.3) is 0 Å². The molecule has 0 aliphatic carbocycles. The summed E-state index contributed by atoms with van der Waals surface area (Å²) in [5, 5.41) is 0.957. The number of hydroxylamine groups is 2. The van der Waals surface area contributed by atoms with E-state index >= 15 is 0 Å². The van der Waals surface area contributed by atoms with Crippen LogP contribution in [0.5, 0.6) is 0 Å². The zero-order valence-corrected chi connectivity index (χ0v) is 16.4. The summed E-state index contributed by atoms with van der Waals surface area (Å²) < 4.78 is 6.32. The summed E-state index contributed by atoms with van der Waals surface area (Å²) in [6, 6.07) is 6.76. The lowest BCUT2D eigenvalue weighted by Crippen LogP contribution is -2.45. The lowest BCUT2D eigenvalue weighted by Gasteiger charge is -2.39. The number of carbonyl (C=O) groups is 2. The van der Waals surface area contributed by atoms with Crippen molar-refractivity contribution < 1.29 is 18.9 Å². The molecule has 0 bridgehead atoms. The van der Waals surface area contributed by atoms with Crippen LogP contribution in [-0.2, 0) is 9.26 Å². The molecule has 2 amide bonds. The fourth-order valence-corrected chi connectivity index (χ4v) is 3.69. The molecule has 0 saturated heterocycles. The number of imide groups is 1. The van der Waals surface area contributed by atoms with Gasteiger partial charge in [0.1, 0.15) is 6.61 Å². The average molecular weight is 350 g/mol. The monoisotopic (exact) mass is 349 g/mol. The van der Waals surface area contributed by atoms with E-state index in [-0.39, 0.29) is 17.7 Å². The van der Waals surface area contributed by atoms with E-state index in [0.29, 0.717) is 11.1 Å². The SMILES string of the molecule is CCC(CON1C(=O)c2ccccc2C1=O)O[Si](C)(C)C(C)(C)C. The summed E-state index contributed by atoms with van der Waals surface area (Å²) in [6.45, 7) is 13.1. The first-order chi connectivity index (χ1) is 11.1. The minimum Gasteiger partial charge on any atom is -0.412 e. The zero-order valence-electron chi connectivity index (χ0n) is 15.4. The van der Waals surface area contributed by atoms with Gasteiger partial charge in [0, 0.05) is 0 Å². The van der Waals surface area contributed by atoms with Crippen molar-refractivity contribution >= 4 is 20.1 Å². The molecule has 1 atom stereocenters. The maximum atomic E-state index is 12.3. The Labute approximate surface area is 145 Å². The Hall–Kier alpha value is -1.50. The van der Waals surface area contributed by atoms with E-state index in [0.717, 1.165) is 11.5 Å². The number of rotatable bonds is 6. The molecular formula is C18H27NO4Si. The normalized spacial score (nSPS) is 16.5. The highest BCUT2D eigenvalue weighted by Crippen LogP contribution is 2.37. The molecule has 24 heavy (non-hydrogen) atoms. The molecule has 0 saturated carbocycles. The van der Waals surface area contributed by atoms with Crippen LogP contribution in [0.2, 0.25) is 18.1 Å². The van der Waals surface area contributed by atoms with E-state index in [4.69, 9.17) is 9.26 Å². The predicted octanol–water partition coefficient (Wildman–Crippen LogP) is 4.01. The Morgan fingerprint density at radius 3 is 2.00 bits per heavy atom. The van der Waals surface area contributed by atoms with Crippen LogP contribution in [0.3, 0.4) is 0 Å². The van der Waals surface area contributed by atoms with Gasteiger partial charge in [-0.05, 0) is 36.7 Å². The third-order valence-corrected chi connectivity index (χ3v) is 9.40. The van der Waals surface area contributed by atoms with Crippen molar-refractivity contribution in [2.75, 3.05) is 6.61 Å². The second kappa shape index (κ2) is 6.78. The van der Waals surface area contributed by atoms with Crippen LogP contribution < -0.4 is 0 Å². The Kier molecular flexibility index (Phi) is 5.32. The maximum Gasteiger partial charge on any atom is 0.285 e. The quantitative estimate of drug-likeness (QED) is 0.575. The summed E-state index contributed by atoms with van der Waals surface area (Å²) in [7, 11) is -1.93. The highest BCUT2D eigenvalue weighted by Gasteiger charge is 2.40. The van der Waals surface area contributed by atoms with Gasteiger partial charge in [0.05, 0.1) is 17.2 Å². The van der Waals surface area contributed by atoms with Gasteiger partial charge >= 0.3 is 0 Å². The smallest absolute Gasteiger partial charge is 0.285 e. The van der Waals surface area contributed by atoms with Crippen LogP contribution >= 0.6 is 0 Å². The minimum atomic E-state index is -1.93. The number of fused-ring (bicyclic) bond motifs is 1. The number of hydrogen-bond acceptors (Lipinski definition) is 4. The van der Waals surface area contributed by atoms with Crippen LogP contribution in [0, 0.1) is 0 Å². The van der Waals surface area contributed by atoms with Gasteiger partial charge in [0.15, 0.2) is 8.32 Å². The molecule has 1 unspecified atom stereocenters. The second-order valence-corrected chi connectivity index (χ2v) is 12.4. The molecule has 0 spiro atoms. The van der Waals surface area contributed by atoms with Gasteiger partial charge in [-0.3, -0.25) is 14.4 Å². The topological polar surface area (TPSA) is 55.8 Å². The molecular weight excluding hydrogens is 322 g/mol. The molecule has 1 aromatic carbocycles. The minimum absolute atomic E-state index is 0.0932. The van der Waals surface area contributed by atoms with Gasteiger partial charge in [-0.2, -0.15) is 0 Å². The molecule has 1 heterocycles. The van der Waals surface area contributed by atoms with Crippen LogP contribution in [0.1, 0.15) is 54.8 Å². The molecule has 0 aromatic heterocycles. The van der Waals surface area contributed by atoms with Gasteiger partial charge in [-0.1, -0.05) is 39.8 Å². The van der Waals surface area contributed by atoms with Crippen LogP contribution in [0.15, 0.2) is 24.3 Å². The first-order valence-electron chi connectivity index (χ1n) is 8.37. The molecule has 6 heteroatoms. The van der Waals surface area contributed by atoms with Crippen molar-refractivity contribution in [3.05, 3.63) is 35.4 Å². The van der Waals surface area contributed by atoms with E-state index in [2.05, 4.69) is 33.9 Å². The van der Waals surface area contributed by atoms with Gasteiger partial charge in [-0.25, -0.2) is 0 Å². The molecule has 1 aliphatic heterocycles. The first-order valence-corrected chi connectivity index (χ1v) is 11.3. The van der Waals surface area contributed by atoms with Crippen molar-refractivity contribution in [2.45, 2.75) is 58.4 Å². The fourth-order valence-electron chi connectivity index (χ4n) is 2.27. The summed E-state index contributed by atoms with van der Waals surface area (Å²) in [5.41, 5.74) is 0.779. The average Bonchev–Trinajstić information content (AvgIpc) is 2.75. The number of nitrogens with zero attached hydrogens (tertiary/aromatic N) is 1. The largest absolute Gasteiger partial charge is 0.412 e. The van der Waals surface area contributed by atoms with Gasteiger partial charge in [-0.15, -0.1) is 5.06 Å². The molecule has 0 N–H and O–H groups in total. The van der Waals surface area contributed by atoms with Gasteiger partial charge < -0.3 is 4.43 Å². The van der Waals surface area contributed by atoms with Crippen molar-refractivity contribution in [1.29, 1.82) is 0 Å². The molecule has 0 radical (unpaired) electrons. The number of amides is 2. The molecule has 1 aliphatic rings. The summed E-state index contributed by atoms with van der Waals surface area (Å²) in [5.74, 6) is -0.810. The summed E-state index contributed by atoms with van der Waals surface area (Å²) in [6.07, 6.45) is 0.616. The lowest BCUT2D eigenvalue weighted by molar-refractivity contribution is -0.114. The van der Waals surface area contributed by atoms with E-state index in [1.54, 1.807) is 24.3 Å². The predicted molar refractivity (Wildman–Crippen MR) is 95.3 cm³/mol.